The molecule has 0 aromatic rings. The molecule has 7 heteroatoms. The van der Waals surface area contributed by atoms with Crippen LogP contribution in [-0.2, 0) is 28.5 Å². The highest BCUT2D eigenvalue weighted by Crippen LogP contribution is 2.18. The Kier molecular flexibility index (Phi) is 34.3. The highest BCUT2D eigenvalue weighted by Gasteiger charge is 2.12. The molecule has 1 atom stereocenters. The molecule has 1 aliphatic heterocycles. The highest BCUT2D eigenvalue weighted by atomic mass is 16.7. The Balaban J connectivity index is 2.12. The maximum absolute atomic E-state index is 12.0. The second kappa shape index (κ2) is 37.1. The Labute approximate surface area is 308 Å². The predicted molar refractivity (Wildman–Crippen MR) is 208 cm³/mol. The number of rotatable bonds is 37. The number of carbonyl (C=O) groups excluding carboxylic acids is 2. The zero-order chi connectivity index (χ0) is 36.0. The van der Waals surface area contributed by atoms with Gasteiger partial charge in [0.05, 0.1) is 12.7 Å². The molecule has 1 saturated heterocycles. The van der Waals surface area contributed by atoms with Crippen molar-refractivity contribution in [2.45, 2.75) is 193 Å². The molecule has 7 nitrogen and oxygen atoms in total. The van der Waals surface area contributed by atoms with E-state index in [1.165, 1.54) is 109 Å². The van der Waals surface area contributed by atoms with Gasteiger partial charge in [0.15, 0.2) is 0 Å². The largest absolute Gasteiger partial charge is 0.461 e. The first-order valence-electron chi connectivity index (χ1n) is 21.2. The Hall–Kier alpha value is -1.70. The summed E-state index contributed by atoms with van der Waals surface area (Å²) in [4.78, 5) is 26.5. The molecule has 0 radical (unpaired) electrons. The number of allylic oxidation sites excluding steroid dienone is 2. The molecular weight excluding hydrogens is 626 g/mol. The summed E-state index contributed by atoms with van der Waals surface area (Å²) < 4.78 is 22.8. The summed E-state index contributed by atoms with van der Waals surface area (Å²) in [6.07, 6.45) is 38.8. The van der Waals surface area contributed by atoms with Gasteiger partial charge < -0.3 is 23.8 Å². The van der Waals surface area contributed by atoms with Gasteiger partial charge in [-0.3, -0.25) is 9.59 Å². The molecule has 50 heavy (non-hydrogen) atoms. The van der Waals surface area contributed by atoms with Gasteiger partial charge in [-0.05, 0) is 77.3 Å². The Morgan fingerprint density at radius 3 is 1.54 bits per heavy atom. The number of unbranched alkanes of at least 4 members (excludes halogenated alkanes) is 17. The van der Waals surface area contributed by atoms with Crippen molar-refractivity contribution >= 4 is 11.9 Å². The number of ether oxygens (including phenoxy) is 4. The molecule has 1 fully saturated rings. The number of nitrogens with zero attached hydrogens (tertiary/aromatic N) is 1. The van der Waals surface area contributed by atoms with Crippen LogP contribution < -0.4 is 0 Å². The molecule has 1 heterocycles. The fourth-order valence-corrected chi connectivity index (χ4v) is 6.41. The average molecular weight is 706 g/mol. The van der Waals surface area contributed by atoms with Gasteiger partial charge in [-0.2, -0.15) is 0 Å². The van der Waals surface area contributed by atoms with Crippen molar-refractivity contribution in [2.75, 3.05) is 46.2 Å². The van der Waals surface area contributed by atoms with Crippen molar-refractivity contribution in [3.8, 4) is 0 Å². The van der Waals surface area contributed by atoms with Gasteiger partial charge in [0.1, 0.15) is 20.0 Å². The molecule has 0 saturated carbocycles. The first kappa shape index (κ1) is 46.3. The Morgan fingerprint density at radius 1 is 0.580 bits per heavy atom. The topological polar surface area (TPSA) is 74.3 Å². The lowest BCUT2D eigenvalue weighted by Gasteiger charge is -2.19. The molecule has 1 rings (SSSR count). The average Bonchev–Trinajstić information content (AvgIpc) is 3.64. The number of hydrogen-bond acceptors (Lipinski definition) is 7. The predicted octanol–water partition coefficient (Wildman–Crippen LogP) is 11.4. The van der Waals surface area contributed by atoms with Crippen LogP contribution >= 0.6 is 0 Å². The Bertz CT molecular complexity index is 809. The fraction of sp³-hybridized carbons (Fsp3) is 0.860. The highest BCUT2D eigenvalue weighted by molar-refractivity contribution is 5.69. The van der Waals surface area contributed by atoms with E-state index in [2.05, 4.69) is 30.9 Å². The molecule has 0 aromatic heterocycles. The number of hydrogen-bond donors (Lipinski definition) is 0. The van der Waals surface area contributed by atoms with Gasteiger partial charge >= 0.3 is 11.9 Å². The third-order valence-corrected chi connectivity index (χ3v) is 9.66. The monoisotopic (exact) mass is 706 g/mol. The first-order valence-corrected chi connectivity index (χ1v) is 21.2. The molecule has 1 unspecified atom stereocenters. The number of esters is 2. The lowest BCUT2D eigenvalue weighted by molar-refractivity contribution is -0.143. The van der Waals surface area contributed by atoms with E-state index in [9.17, 15) is 9.59 Å². The molecule has 292 valence electrons. The number of carbonyl (C=O) groups is 2. The van der Waals surface area contributed by atoms with Crippen LogP contribution in [-0.4, -0.2) is 69.2 Å². The Morgan fingerprint density at radius 2 is 1.04 bits per heavy atom. The fourth-order valence-electron chi connectivity index (χ4n) is 6.41. The maximum atomic E-state index is 12.0. The van der Waals surface area contributed by atoms with E-state index in [4.69, 9.17) is 18.9 Å². The number of likely N-dealkylation sites (tertiary alicyclic amines) is 1. The summed E-state index contributed by atoms with van der Waals surface area (Å²) in [5.41, 5.74) is 0. The lowest BCUT2D eigenvalue weighted by atomic mass is 10.0. The third kappa shape index (κ3) is 32.2. The van der Waals surface area contributed by atoms with E-state index in [1.807, 2.05) is 12.2 Å². The molecule has 0 spiro atoms. The van der Waals surface area contributed by atoms with Crippen molar-refractivity contribution in [1.82, 2.24) is 4.90 Å². The summed E-state index contributed by atoms with van der Waals surface area (Å²) in [7, 11) is 0. The van der Waals surface area contributed by atoms with Gasteiger partial charge in [0.2, 0.25) is 0 Å². The summed E-state index contributed by atoms with van der Waals surface area (Å²) in [5, 5.41) is 0. The van der Waals surface area contributed by atoms with E-state index < -0.39 is 0 Å². The van der Waals surface area contributed by atoms with Crippen LogP contribution in [0.2, 0.25) is 0 Å². The van der Waals surface area contributed by atoms with Crippen LogP contribution in [0, 0.1) is 0 Å². The van der Waals surface area contributed by atoms with Crippen molar-refractivity contribution < 1.29 is 28.5 Å². The van der Waals surface area contributed by atoms with Gasteiger partial charge in [-0.25, -0.2) is 0 Å². The zero-order valence-electron chi connectivity index (χ0n) is 32.8. The van der Waals surface area contributed by atoms with Gasteiger partial charge in [-0.15, -0.1) is 0 Å². The van der Waals surface area contributed by atoms with E-state index in [0.717, 1.165) is 77.4 Å². The lowest BCUT2D eigenvalue weighted by Crippen LogP contribution is -2.25. The van der Waals surface area contributed by atoms with Crippen LogP contribution in [0.15, 0.2) is 24.3 Å². The van der Waals surface area contributed by atoms with Crippen molar-refractivity contribution in [3.05, 3.63) is 24.3 Å². The SMILES string of the molecule is CCCCCC/C=C\COC(=O)CCCCCCCCC(CCCCCCCC(=O)OC/C=C\CCCCCC)OCOCCN1CCCC1. The molecule has 0 amide bonds. The van der Waals surface area contributed by atoms with Crippen LogP contribution in [0.5, 0.6) is 0 Å². The summed E-state index contributed by atoms with van der Waals surface area (Å²) >= 11 is 0. The van der Waals surface area contributed by atoms with Crippen LogP contribution in [0.3, 0.4) is 0 Å². The molecule has 0 N–H and O–H groups in total. The minimum Gasteiger partial charge on any atom is -0.461 e. The minimum atomic E-state index is -0.0759. The maximum Gasteiger partial charge on any atom is 0.306 e. The molecule has 1 aliphatic rings. The van der Waals surface area contributed by atoms with E-state index >= 15 is 0 Å². The zero-order valence-corrected chi connectivity index (χ0v) is 32.8. The summed E-state index contributed by atoms with van der Waals surface area (Å²) in [5.74, 6) is -0.148. The van der Waals surface area contributed by atoms with Crippen molar-refractivity contribution in [2.24, 2.45) is 0 Å². The van der Waals surface area contributed by atoms with Crippen LogP contribution in [0.1, 0.15) is 187 Å². The van der Waals surface area contributed by atoms with E-state index in [-0.39, 0.29) is 18.0 Å². The third-order valence-electron chi connectivity index (χ3n) is 9.66. The van der Waals surface area contributed by atoms with Crippen molar-refractivity contribution in [1.29, 1.82) is 0 Å². The summed E-state index contributed by atoms with van der Waals surface area (Å²) in [6, 6.07) is 0. The first-order chi connectivity index (χ1) is 24.7. The second-order valence-electron chi connectivity index (χ2n) is 14.3. The standard InChI is InChI=1S/C43H79NO6/c1-3-5-7-9-13-20-28-37-48-42(45)32-24-18-12-11-16-22-30-41(50-40-47-39-36-44-34-26-27-35-44)31-23-17-15-19-25-33-43(46)49-38-29-21-14-10-8-6-4-2/h20-21,28-29,41H,3-19,22-27,30-40H2,1-2H3/b28-20-,29-21-. The van der Waals surface area contributed by atoms with E-state index in [0.29, 0.717) is 32.8 Å². The molecular formula is C43H79NO6. The van der Waals surface area contributed by atoms with Gasteiger partial charge in [0.25, 0.3) is 0 Å². The molecule has 0 bridgehead atoms. The minimum absolute atomic E-state index is 0.0717. The molecule has 0 aromatic carbocycles. The second-order valence-corrected chi connectivity index (χ2v) is 14.3. The van der Waals surface area contributed by atoms with Crippen LogP contribution in [0.25, 0.3) is 0 Å². The quantitative estimate of drug-likeness (QED) is 0.0276. The van der Waals surface area contributed by atoms with Crippen molar-refractivity contribution in [3.63, 3.8) is 0 Å². The summed E-state index contributed by atoms with van der Waals surface area (Å²) in [6.45, 7) is 9.80. The van der Waals surface area contributed by atoms with Gasteiger partial charge in [0, 0.05) is 19.4 Å². The smallest absolute Gasteiger partial charge is 0.306 e. The molecule has 0 aliphatic carbocycles. The van der Waals surface area contributed by atoms with E-state index in [1.54, 1.807) is 0 Å². The van der Waals surface area contributed by atoms with Crippen LogP contribution in [0.4, 0.5) is 0 Å². The normalized spacial score (nSPS) is 14.3. The van der Waals surface area contributed by atoms with Gasteiger partial charge in [-0.1, -0.05) is 134 Å².